The summed E-state index contributed by atoms with van der Waals surface area (Å²) in [6, 6.07) is 7.57. The number of thiophene rings is 1. The van der Waals surface area contributed by atoms with E-state index >= 15 is 0 Å². The van der Waals surface area contributed by atoms with Crippen LogP contribution in [0.3, 0.4) is 0 Å². The molecule has 1 amide bonds. The van der Waals surface area contributed by atoms with Crippen molar-refractivity contribution in [1.29, 1.82) is 0 Å². The molecular weight excluding hydrogens is 310 g/mol. The van der Waals surface area contributed by atoms with Gasteiger partial charge in [-0.1, -0.05) is 6.07 Å². The van der Waals surface area contributed by atoms with Crippen molar-refractivity contribution in [3.05, 3.63) is 47.2 Å². The fourth-order valence-corrected chi connectivity index (χ4v) is 3.04. The van der Waals surface area contributed by atoms with Crippen LogP contribution in [0.2, 0.25) is 0 Å². The predicted octanol–water partition coefficient (Wildman–Crippen LogP) is 3.01. The molecule has 2 N–H and O–H groups in total. The Kier molecular flexibility index (Phi) is 4.47. The molecule has 0 aromatic carbocycles. The van der Waals surface area contributed by atoms with Crippen molar-refractivity contribution >= 4 is 33.4 Å². The Morgan fingerprint density at radius 3 is 2.91 bits per heavy atom. The Labute approximate surface area is 138 Å². The van der Waals surface area contributed by atoms with Gasteiger partial charge in [-0.2, -0.15) is 0 Å². The minimum Gasteiger partial charge on any atom is -0.351 e. The molecule has 0 bridgehead atoms. The van der Waals surface area contributed by atoms with Gasteiger partial charge in [-0.3, -0.25) is 9.78 Å². The Balaban J connectivity index is 1.93. The summed E-state index contributed by atoms with van der Waals surface area (Å²) in [6.07, 6.45) is 1.75. The molecule has 0 spiro atoms. The zero-order chi connectivity index (χ0) is 16.2. The fraction of sp³-hybridized carbons (Fsp3) is 0.250. The first-order valence-electron chi connectivity index (χ1n) is 7.40. The van der Waals surface area contributed by atoms with E-state index in [0.29, 0.717) is 18.2 Å². The monoisotopic (exact) mass is 327 g/mol. The van der Waals surface area contributed by atoms with Gasteiger partial charge in [0.2, 0.25) is 5.95 Å². The molecule has 0 saturated carbocycles. The second-order valence-corrected chi connectivity index (χ2v) is 5.93. The maximum atomic E-state index is 12.2. The van der Waals surface area contributed by atoms with Crippen LogP contribution in [0.1, 0.15) is 36.1 Å². The van der Waals surface area contributed by atoms with Crippen LogP contribution in [0, 0.1) is 0 Å². The van der Waals surface area contributed by atoms with Crippen LogP contribution in [0.5, 0.6) is 0 Å². The lowest BCUT2D eigenvalue weighted by molar-refractivity contribution is 0.0953. The third kappa shape index (κ3) is 3.29. The number of rotatable bonds is 5. The Morgan fingerprint density at radius 2 is 2.17 bits per heavy atom. The zero-order valence-corrected chi connectivity index (χ0v) is 13.7. The molecule has 0 radical (unpaired) electrons. The molecule has 1 unspecified atom stereocenters. The van der Waals surface area contributed by atoms with Gasteiger partial charge in [0.05, 0.1) is 22.0 Å². The third-order valence-corrected chi connectivity index (χ3v) is 4.24. The number of pyridine rings is 1. The first-order valence-corrected chi connectivity index (χ1v) is 8.28. The highest BCUT2D eigenvalue weighted by Crippen LogP contribution is 2.25. The molecule has 3 aromatic heterocycles. The van der Waals surface area contributed by atoms with Gasteiger partial charge in [0.25, 0.3) is 5.91 Å². The SMILES string of the molecule is CCNC(=O)c1nc(NC(C)c2ccccn2)nc2ccsc12. The summed E-state index contributed by atoms with van der Waals surface area (Å²) in [5.41, 5.74) is 2.06. The summed E-state index contributed by atoms with van der Waals surface area (Å²) in [6.45, 7) is 4.42. The number of hydrogen-bond acceptors (Lipinski definition) is 6. The molecule has 0 aliphatic heterocycles. The molecule has 3 rings (SSSR count). The highest BCUT2D eigenvalue weighted by Gasteiger charge is 2.17. The van der Waals surface area contributed by atoms with Crippen molar-refractivity contribution in [3.8, 4) is 0 Å². The van der Waals surface area contributed by atoms with Crippen LogP contribution in [0.15, 0.2) is 35.8 Å². The van der Waals surface area contributed by atoms with Gasteiger partial charge >= 0.3 is 0 Å². The number of nitrogens with zero attached hydrogens (tertiary/aromatic N) is 3. The summed E-state index contributed by atoms with van der Waals surface area (Å²) in [5.74, 6) is 0.242. The predicted molar refractivity (Wildman–Crippen MR) is 91.7 cm³/mol. The van der Waals surface area contributed by atoms with E-state index in [1.54, 1.807) is 6.20 Å². The molecule has 0 fully saturated rings. The number of carbonyl (C=O) groups is 1. The van der Waals surface area contributed by atoms with E-state index in [1.165, 1.54) is 11.3 Å². The average molecular weight is 327 g/mol. The smallest absolute Gasteiger partial charge is 0.271 e. The van der Waals surface area contributed by atoms with E-state index in [9.17, 15) is 4.79 Å². The van der Waals surface area contributed by atoms with Gasteiger partial charge in [-0.05, 0) is 37.4 Å². The molecule has 3 heterocycles. The fourth-order valence-electron chi connectivity index (χ4n) is 2.23. The molecule has 23 heavy (non-hydrogen) atoms. The average Bonchev–Trinajstić information content (AvgIpc) is 3.03. The first kappa shape index (κ1) is 15.4. The number of hydrogen-bond donors (Lipinski definition) is 2. The van der Waals surface area contributed by atoms with Crippen molar-refractivity contribution in [2.75, 3.05) is 11.9 Å². The largest absolute Gasteiger partial charge is 0.351 e. The molecule has 118 valence electrons. The maximum Gasteiger partial charge on any atom is 0.271 e. The Hall–Kier alpha value is -2.54. The first-order chi connectivity index (χ1) is 11.2. The minimum absolute atomic E-state index is 0.0608. The highest BCUT2D eigenvalue weighted by molar-refractivity contribution is 7.17. The number of amides is 1. The summed E-state index contributed by atoms with van der Waals surface area (Å²) in [7, 11) is 0. The van der Waals surface area contributed by atoms with Crippen LogP contribution < -0.4 is 10.6 Å². The summed E-state index contributed by atoms with van der Waals surface area (Å²) >= 11 is 1.47. The summed E-state index contributed by atoms with van der Waals surface area (Å²) in [4.78, 5) is 25.4. The number of aromatic nitrogens is 3. The zero-order valence-electron chi connectivity index (χ0n) is 12.9. The second-order valence-electron chi connectivity index (χ2n) is 5.01. The van der Waals surface area contributed by atoms with Crippen LogP contribution in [0.4, 0.5) is 5.95 Å². The van der Waals surface area contributed by atoms with Gasteiger partial charge in [0.15, 0.2) is 5.69 Å². The highest BCUT2D eigenvalue weighted by atomic mass is 32.1. The Bertz CT molecular complexity index is 818. The van der Waals surface area contributed by atoms with Crippen molar-refractivity contribution < 1.29 is 4.79 Å². The molecular formula is C16H17N5OS. The summed E-state index contributed by atoms with van der Waals surface area (Å²) < 4.78 is 0.798. The second kappa shape index (κ2) is 6.70. The molecule has 1 atom stereocenters. The van der Waals surface area contributed by atoms with Gasteiger partial charge < -0.3 is 10.6 Å². The van der Waals surface area contributed by atoms with E-state index in [-0.39, 0.29) is 11.9 Å². The van der Waals surface area contributed by atoms with Gasteiger partial charge in [0.1, 0.15) is 0 Å². The molecule has 0 aliphatic rings. The van der Waals surface area contributed by atoms with E-state index in [1.807, 2.05) is 43.5 Å². The van der Waals surface area contributed by atoms with E-state index in [4.69, 9.17) is 0 Å². The number of nitrogens with one attached hydrogen (secondary N) is 2. The standard InChI is InChI=1S/C16H17N5OS/c1-3-17-15(22)13-14-12(7-9-23-14)20-16(21-13)19-10(2)11-6-4-5-8-18-11/h4-10H,3H2,1-2H3,(H,17,22)(H,19,20,21). The molecule has 0 saturated heterocycles. The molecule has 7 heteroatoms. The topological polar surface area (TPSA) is 79.8 Å². The number of anilines is 1. The van der Waals surface area contributed by atoms with E-state index in [0.717, 1.165) is 15.9 Å². The third-order valence-electron chi connectivity index (χ3n) is 3.33. The molecule has 6 nitrogen and oxygen atoms in total. The van der Waals surface area contributed by atoms with Crippen LogP contribution in [-0.4, -0.2) is 27.4 Å². The van der Waals surface area contributed by atoms with E-state index in [2.05, 4.69) is 25.6 Å². The van der Waals surface area contributed by atoms with Crippen LogP contribution >= 0.6 is 11.3 Å². The quantitative estimate of drug-likeness (QED) is 0.753. The van der Waals surface area contributed by atoms with Crippen molar-refractivity contribution in [3.63, 3.8) is 0 Å². The number of fused-ring (bicyclic) bond motifs is 1. The van der Waals surface area contributed by atoms with Crippen molar-refractivity contribution in [2.45, 2.75) is 19.9 Å². The molecule has 3 aromatic rings. The minimum atomic E-state index is -0.184. The summed E-state index contributed by atoms with van der Waals surface area (Å²) in [5, 5.41) is 7.92. The van der Waals surface area contributed by atoms with E-state index < -0.39 is 0 Å². The number of carbonyl (C=O) groups excluding carboxylic acids is 1. The van der Waals surface area contributed by atoms with Crippen molar-refractivity contribution in [2.24, 2.45) is 0 Å². The lowest BCUT2D eigenvalue weighted by Gasteiger charge is -2.14. The lowest BCUT2D eigenvalue weighted by Crippen LogP contribution is -2.24. The Morgan fingerprint density at radius 1 is 1.30 bits per heavy atom. The lowest BCUT2D eigenvalue weighted by atomic mass is 10.2. The van der Waals surface area contributed by atoms with Gasteiger partial charge in [-0.15, -0.1) is 11.3 Å². The van der Waals surface area contributed by atoms with Crippen LogP contribution in [0.25, 0.3) is 10.2 Å². The van der Waals surface area contributed by atoms with Gasteiger partial charge in [0, 0.05) is 12.7 Å². The normalized spacial score (nSPS) is 12.1. The maximum absolute atomic E-state index is 12.2. The molecule has 0 aliphatic carbocycles. The van der Waals surface area contributed by atoms with Crippen molar-refractivity contribution in [1.82, 2.24) is 20.3 Å². The van der Waals surface area contributed by atoms with Crippen LogP contribution in [-0.2, 0) is 0 Å². The van der Waals surface area contributed by atoms with Gasteiger partial charge in [-0.25, -0.2) is 9.97 Å².